The summed E-state index contributed by atoms with van der Waals surface area (Å²) in [7, 11) is -3.58. The van der Waals surface area contributed by atoms with Gasteiger partial charge in [0, 0.05) is 38.6 Å². The Hall–Kier alpha value is -2.04. The van der Waals surface area contributed by atoms with Crippen LogP contribution in [-0.4, -0.2) is 77.8 Å². The van der Waals surface area contributed by atoms with Crippen molar-refractivity contribution in [2.45, 2.75) is 49.0 Å². The van der Waals surface area contributed by atoms with E-state index in [0.29, 0.717) is 39.0 Å². The van der Waals surface area contributed by atoms with E-state index in [-0.39, 0.29) is 23.5 Å². The molecule has 3 fully saturated rings. The Morgan fingerprint density at radius 1 is 1.03 bits per heavy atom. The number of hydrogen-bond donors (Lipinski definition) is 1. The second-order valence-corrected chi connectivity index (χ2v) is 9.95. The molecular formula is C19H27N5O4S. The molecule has 0 radical (unpaired) electrons. The van der Waals surface area contributed by atoms with E-state index >= 15 is 0 Å². The minimum absolute atomic E-state index is 0.130. The van der Waals surface area contributed by atoms with Crippen molar-refractivity contribution >= 4 is 22.0 Å². The summed E-state index contributed by atoms with van der Waals surface area (Å²) in [5, 5.41) is 2.95. The number of nitrogens with one attached hydrogen (secondary N) is 1. The number of carbonyl (C=O) groups is 2. The minimum Gasteiger partial charge on any atom is -0.323 e. The highest BCUT2D eigenvalue weighted by atomic mass is 32.2. The van der Waals surface area contributed by atoms with Crippen molar-refractivity contribution in [1.82, 2.24) is 24.4 Å². The van der Waals surface area contributed by atoms with Gasteiger partial charge in [-0.2, -0.15) is 4.31 Å². The molecule has 2 aliphatic heterocycles. The van der Waals surface area contributed by atoms with E-state index in [4.69, 9.17) is 0 Å². The van der Waals surface area contributed by atoms with Gasteiger partial charge in [-0.1, -0.05) is 25.7 Å². The summed E-state index contributed by atoms with van der Waals surface area (Å²) in [6.07, 6.45) is 8.37. The van der Waals surface area contributed by atoms with Gasteiger partial charge >= 0.3 is 6.03 Å². The van der Waals surface area contributed by atoms with E-state index in [2.05, 4.69) is 10.3 Å². The first-order valence-corrected chi connectivity index (χ1v) is 11.6. The highest BCUT2D eigenvalue weighted by molar-refractivity contribution is 7.89. The van der Waals surface area contributed by atoms with Crippen LogP contribution in [0.5, 0.6) is 0 Å². The van der Waals surface area contributed by atoms with Gasteiger partial charge in [-0.05, 0) is 25.0 Å². The third kappa shape index (κ3) is 3.88. The van der Waals surface area contributed by atoms with Crippen molar-refractivity contribution in [2.75, 3.05) is 32.8 Å². The molecule has 3 amide bonds. The summed E-state index contributed by atoms with van der Waals surface area (Å²) in [5.41, 5.74) is -0.737. The normalized spacial score (nSPS) is 23.9. The maximum absolute atomic E-state index is 13.0. The number of nitrogens with zero attached hydrogens (tertiary/aromatic N) is 4. The lowest BCUT2D eigenvalue weighted by molar-refractivity contribution is -0.133. The van der Waals surface area contributed by atoms with Crippen molar-refractivity contribution in [2.24, 2.45) is 0 Å². The first-order valence-electron chi connectivity index (χ1n) is 10.2. The number of pyridine rings is 1. The highest BCUT2D eigenvalue weighted by Gasteiger charge is 2.51. The van der Waals surface area contributed by atoms with E-state index < -0.39 is 15.6 Å². The Bertz CT molecular complexity index is 860. The molecule has 4 rings (SSSR count). The summed E-state index contributed by atoms with van der Waals surface area (Å²) >= 11 is 0. The van der Waals surface area contributed by atoms with Crippen molar-refractivity contribution in [3.05, 3.63) is 24.5 Å². The van der Waals surface area contributed by atoms with Crippen LogP contribution in [0.25, 0.3) is 0 Å². The van der Waals surface area contributed by atoms with Crippen LogP contribution in [-0.2, 0) is 14.8 Å². The Kier molecular flexibility index (Phi) is 5.58. The molecule has 1 aromatic rings. The fraction of sp³-hybridized carbons (Fsp3) is 0.632. The van der Waals surface area contributed by atoms with Crippen molar-refractivity contribution in [3.63, 3.8) is 0 Å². The van der Waals surface area contributed by atoms with Crippen LogP contribution in [0.4, 0.5) is 4.79 Å². The van der Waals surface area contributed by atoms with E-state index in [1.165, 1.54) is 27.7 Å². The van der Waals surface area contributed by atoms with Gasteiger partial charge < -0.3 is 5.32 Å². The Labute approximate surface area is 171 Å². The van der Waals surface area contributed by atoms with Crippen molar-refractivity contribution in [1.29, 1.82) is 0 Å². The van der Waals surface area contributed by atoms with Crippen molar-refractivity contribution in [3.8, 4) is 0 Å². The molecule has 0 aromatic carbocycles. The number of piperazine rings is 1. The van der Waals surface area contributed by atoms with Crippen LogP contribution in [0.2, 0.25) is 0 Å². The summed E-state index contributed by atoms with van der Waals surface area (Å²) in [6, 6.07) is 2.81. The third-order valence-corrected chi connectivity index (χ3v) is 8.03. The molecule has 1 saturated carbocycles. The van der Waals surface area contributed by atoms with Gasteiger partial charge in [-0.3, -0.25) is 14.7 Å². The molecule has 1 aliphatic carbocycles. The predicted octanol–water partition coefficient (Wildman–Crippen LogP) is 0.990. The minimum atomic E-state index is -3.58. The van der Waals surface area contributed by atoms with E-state index in [1.54, 1.807) is 6.07 Å². The highest BCUT2D eigenvalue weighted by Crippen LogP contribution is 2.32. The first-order chi connectivity index (χ1) is 13.9. The molecule has 3 heterocycles. The Balaban J connectivity index is 1.37. The van der Waals surface area contributed by atoms with Gasteiger partial charge in [0.1, 0.15) is 10.4 Å². The zero-order chi connectivity index (χ0) is 20.5. The van der Waals surface area contributed by atoms with Gasteiger partial charge in [-0.15, -0.1) is 0 Å². The third-order valence-electron chi connectivity index (χ3n) is 6.15. The monoisotopic (exact) mass is 421 g/mol. The van der Waals surface area contributed by atoms with E-state index in [1.807, 2.05) is 4.90 Å². The number of hydrogen-bond acceptors (Lipinski definition) is 6. The van der Waals surface area contributed by atoms with Gasteiger partial charge in [0.15, 0.2) is 0 Å². The number of rotatable bonds is 4. The molecule has 2 saturated heterocycles. The lowest BCUT2D eigenvalue weighted by Gasteiger charge is -2.35. The zero-order valence-electron chi connectivity index (χ0n) is 16.4. The maximum atomic E-state index is 13.0. The zero-order valence-corrected chi connectivity index (χ0v) is 17.2. The van der Waals surface area contributed by atoms with Gasteiger partial charge in [0.2, 0.25) is 10.0 Å². The largest absolute Gasteiger partial charge is 0.326 e. The summed E-state index contributed by atoms with van der Waals surface area (Å²) < 4.78 is 26.9. The standard InChI is InChI=1S/C19H27N5O4S/c25-17-19(7-3-1-2-4-8-19)21-18(26)24(17)15-22-10-12-23(13-11-22)29(27,28)16-6-5-9-20-14-16/h5-6,9,14H,1-4,7-8,10-13,15H2,(H,21,26). The summed E-state index contributed by atoms with van der Waals surface area (Å²) in [4.78, 5) is 32.9. The fourth-order valence-electron chi connectivity index (χ4n) is 4.44. The fourth-order valence-corrected chi connectivity index (χ4v) is 5.82. The second kappa shape index (κ2) is 8.00. The average molecular weight is 422 g/mol. The number of carbonyl (C=O) groups excluding carboxylic acids is 2. The molecule has 1 spiro atoms. The van der Waals surface area contributed by atoms with Gasteiger partial charge in [0.05, 0.1) is 6.67 Å². The lowest BCUT2D eigenvalue weighted by Crippen LogP contribution is -2.53. The molecule has 0 unspecified atom stereocenters. The average Bonchev–Trinajstić information content (AvgIpc) is 2.89. The molecule has 0 bridgehead atoms. The van der Waals surface area contributed by atoms with Crippen molar-refractivity contribution < 1.29 is 18.0 Å². The lowest BCUT2D eigenvalue weighted by atomic mass is 9.90. The molecule has 9 nitrogen and oxygen atoms in total. The number of imide groups is 1. The summed E-state index contributed by atoms with van der Waals surface area (Å²) in [5.74, 6) is -0.130. The van der Waals surface area contributed by atoms with Gasteiger partial charge in [0.25, 0.3) is 5.91 Å². The molecule has 0 atom stereocenters. The van der Waals surface area contributed by atoms with Crippen LogP contribution in [0, 0.1) is 0 Å². The second-order valence-electron chi connectivity index (χ2n) is 8.01. The van der Waals surface area contributed by atoms with Crippen LogP contribution >= 0.6 is 0 Å². The van der Waals surface area contributed by atoms with E-state index in [0.717, 1.165) is 25.7 Å². The molecule has 1 N–H and O–H groups in total. The quantitative estimate of drug-likeness (QED) is 0.728. The van der Waals surface area contributed by atoms with Crippen LogP contribution in [0.1, 0.15) is 38.5 Å². The number of aromatic nitrogens is 1. The molecular weight excluding hydrogens is 394 g/mol. The van der Waals surface area contributed by atoms with E-state index in [9.17, 15) is 18.0 Å². The first kappa shape index (κ1) is 20.2. The van der Waals surface area contributed by atoms with Crippen LogP contribution < -0.4 is 5.32 Å². The SMILES string of the molecule is O=C1NC2(CCCCCC2)C(=O)N1CN1CCN(S(=O)(=O)c2cccnc2)CC1. The Morgan fingerprint density at radius 3 is 2.34 bits per heavy atom. The van der Waals surface area contributed by atoms with Crippen LogP contribution in [0.15, 0.2) is 29.4 Å². The molecule has 158 valence electrons. The Morgan fingerprint density at radius 2 is 1.72 bits per heavy atom. The molecule has 29 heavy (non-hydrogen) atoms. The topological polar surface area (TPSA) is 103 Å². The van der Waals surface area contributed by atoms with Crippen LogP contribution in [0.3, 0.4) is 0 Å². The molecule has 10 heteroatoms. The molecule has 3 aliphatic rings. The number of urea groups is 1. The number of sulfonamides is 1. The molecule has 1 aromatic heterocycles. The maximum Gasteiger partial charge on any atom is 0.326 e. The predicted molar refractivity (Wildman–Crippen MR) is 105 cm³/mol. The number of amides is 3. The van der Waals surface area contributed by atoms with Gasteiger partial charge in [-0.25, -0.2) is 18.1 Å². The smallest absolute Gasteiger partial charge is 0.323 e. The summed E-state index contributed by atoms with van der Waals surface area (Å²) in [6.45, 7) is 1.75.